The van der Waals surface area contributed by atoms with E-state index in [1.807, 2.05) is 48.5 Å². The largest absolute Gasteiger partial charge is 0.490 e. The average molecular weight is 403 g/mol. The first-order valence-corrected chi connectivity index (χ1v) is 8.94. The van der Waals surface area contributed by atoms with E-state index in [0.717, 1.165) is 21.5 Å². The van der Waals surface area contributed by atoms with Gasteiger partial charge in [-0.2, -0.15) is 0 Å². The van der Waals surface area contributed by atoms with Gasteiger partial charge in [-0.3, -0.25) is 4.99 Å². The summed E-state index contributed by atoms with van der Waals surface area (Å²) in [5, 5.41) is 9.02. The zero-order chi connectivity index (χ0) is 17.6. The highest BCUT2D eigenvalue weighted by molar-refractivity contribution is 9.10. The molecule has 2 aromatic carbocycles. The summed E-state index contributed by atoms with van der Waals surface area (Å²) in [5.74, 6) is 0.775. The molecule has 0 radical (unpaired) electrons. The van der Waals surface area contributed by atoms with E-state index in [4.69, 9.17) is 9.84 Å². The van der Waals surface area contributed by atoms with Gasteiger partial charge in [0.05, 0.1) is 5.69 Å². The molecule has 1 fully saturated rings. The first kappa shape index (κ1) is 17.5. The molecule has 0 bridgehead atoms. The van der Waals surface area contributed by atoms with Crippen molar-refractivity contribution in [3.63, 3.8) is 0 Å². The normalized spacial score (nSPS) is 15.5. The van der Waals surface area contributed by atoms with E-state index in [1.165, 1.54) is 4.90 Å². The van der Waals surface area contributed by atoms with E-state index < -0.39 is 6.09 Å². The molecule has 1 aliphatic heterocycles. The number of likely N-dealkylation sites (tertiary alicyclic amines) is 1. The van der Waals surface area contributed by atoms with Gasteiger partial charge >= 0.3 is 6.09 Å². The van der Waals surface area contributed by atoms with Crippen LogP contribution >= 0.6 is 15.9 Å². The van der Waals surface area contributed by atoms with Crippen molar-refractivity contribution in [2.75, 3.05) is 13.1 Å². The van der Waals surface area contributed by atoms with E-state index in [0.29, 0.717) is 25.9 Å². The van der Waals surface area contributed by atoms with Crippen LogP contribution in [0.2, 0.25) is 0 Å². The number of para-hydroxylation sites is 1. The second kappa shape index (κ2) is 8.16. The predicted octanol–water partition coefficient (Wildman–Crippen LogP) is 4.72. The van der Waals surface area contributed by atoms with Crippen LogP contribution in [0.3, 0.4) is 0 Å². The zero-order valence-electron chi connectivity index (χ0n) is 13.6. The Morgan fingerprint density at radius 1 is 1.16 bits per heavy atom. The van der Waals surface area contributed by atoms with Gasteiger partial charge in [0.15, 0.2) is 0 Å². The Labute approximate surface area is 155 Å². The number of benzene rings is 2. The van der Waals surface area contributed by atoms with Crippen molar-refractivity contribution in [2.24, 2.45) is 4.99 Å². The van der Waals surface area contributed by atoms with Crippen molar-refractivity contribution in [2.45, 2.75) is 18.9 Å². The molecule has 0 atom stereocenters. The lowest BCUT2D eigenvalue weighted by Crippen LogP contribution is -2.41. The molecule has 1 amide bonds. The summed E-state index contributed by atoms with van der Waals surface area (Å²) in [6.07, 6.45) is 2.36. The first-order chi connectivity index (χ1) is 12.1. The number of amides is 1. The molecule has 5 nitrogen and oxygen atoms in total. The predicted molar refractivity (Wildman–Crippen MR) is 101 cm³/mol. The summed E-state index contributed by atoms with van der Waals surface area (Å²) in [6.45, 7) is 1.02. The number of carboxylic acid groups (broad SMARTS) is 1. The van der Waals surface area contributed by atoms with Gasteiger partial charge in [-0.25, -0.2) is 4.79 Å². The summed E-state index contributed by atoms with van der Waals surface area (Å²) in [6, 6.07) is 15.5. The number of halogens is 1. The van der Waals surface area contributed by atoms with Crippen LogP contribution in [0.4, 0.5) is 10.5 Å². The molecule has 0 saturated carbocycles. The number of hydrogen-bond donors (Lipinski definition) is 1. The van der Waals surface area contributed by atoms with Gasteiger partial charge in [0, 0.05) is 42.2 Å². The van der Waals surface area contributed by atoms with Crippen molar-refractivity contribution in [1.82, 2.24) is 4.90 Å². The van der Waals surface area contributed by atoms with Crippen molar-refractivity contribution in [3.05, 3.63) is 58.6 Å². The quantitative estimate of drug-likeness (QED) is 0.752. The monoisotopic (exact) mass is 402 g/mol. The van der Waals surface area contributed by atoms with E-state index in [2.05, 4.69) is 20.9 Å². The number of aliphatic imine (C=N–C) groups is 1. The topological polar surface area (TPSA) is 62.1 Å². The molecule has 1 heterocycles. The maximum absolute atomic E-state index is 11.0. The molecular weight excluding hydrogens is 384 g/mol. The minimum absolute atomic E-state index is 0.0258. The fourth-order valence-corrected chi connectivity index (χ4v) is 2.97. The summed E-state index contributed by atoms with van der Waals surface area (Å²) < 4.78 is 7.12. The third-order valence-corrected chi connectivity index (χ3v) is 4.63. The molecule has 1 saturated heterocycles. The van der Waals surface area contributed by atoms with E-state index in [-0.39, 0.29) is 6.10 Å². The third-order valence-electron chi connectivity index (χ3n) is 4.10. The molecule has 0 unspecified atom stereocenters. The maximum Gasteiger partial charge on any atom is 0.407 e. The Kier molecular flexibility index (Phi) is 5.71. The minimum atomic E-state index is -0.861. The Bertz CT molecular complexity index is 754. The number of rotatable bonds is 4. The number of ether oxygens (including phenoxy) is 1. The summed E-state index contributed by atoms with van der Waals surface area (Å²) in [7, 11) is 0. The van der Waals surface area contributed by atoms with Crippen LogP contribution in [-0.4, -0.2) is 41.5 Å². The number of piperidine rings is 1. The SMILES string of the molecule is O=C(O)N1CCC(Oc2ccccc2/C=N/c2ccc(Br)cc2)CC1. The van der Waals surface area contributed by atoms with Gasteiger partial charge in [-0.1, -0.05) is 28.1 Å². The van der Waals surface area contributed by atoms with Crippen molar-refractivity contribution in [3.8, 4) is 5.75 Å². The van der Waals surface area contributed by atoms with Crippen LogP contribution in [0.5, 0.6) is 5.75 Å². The molecular formula is C19H19BrN2O3. The van der Waals surface area contributed by atoms with Crippen molar-refractivity contribution >= 4 is 33.9 Å². The summed E-state index contributed by atoms with van der Waals surface area (Å²) in [4.78, 5) is 16.9. The number of nitrogens with zero attached hydrogens (tertiary/aromatic N) is 2. The fourth-order valence-electron chi connectivity index (χ4n) is 2.71. The van der Waals surface area contributed by atoms with Gasteiger partial charge in [0.1, 0.15) is 11.9 Å². The molecule has 0 spiro atoms. The molecule has 130 valence electrons. The van der Waals surface area contributed by atoms with Gasteiger partial charge in [0.25, 0.3) is 0 Å². The molecule has 1 aliphatic rings. The average Bonchev–Trinajstić information content (AvgIpc) is 2.63. The Morgan fingerprint density at radius 2 is 1.84 bits per heavy atom. The van der Waals surface area contributed by atoms with Crippen LogP contribution in [0.1, 0.15) is 18.4 Å². The van der Waals surface area contributed by atoms with Crippen LogP contribution in [-0.2, 0) is 0 Å². The Morgan fingerprint density at radius 3 is 2.52 bits per heavy atom. The Balaban J connectivity index is 1.67. The molecule has 3 rings (SSSR count). The molecule has 6 heteroatoms. The van der Waals surface area contributed by atoms with Crippen LogP contribution in [0.25, 0.3) is 0 Å². The lowest BCUT2D eigenvalue weighted by Gasteiger charge is -2.30. The van der Waals surface area contributed by atoms with E-state index in [1.54, 1.807) is 6.21 Å². The highest BCUT2D eigenvalue weighted by Crippen LogP contribution is 2.23. The van der Waals surface area contributed by atoms with Crippen LogP contribution in [0.15, 0.2) is 58.0 Å². The zero-order valence-corrected chi connectivity index (χ0v) is 15.2. The first-order valence-electron chi connectivity index (χ1n) is 8.15. The van der Waals surface area contributed by atoms with Gasteiger partial charge in [-0.15, -0.1) is 0 Å². The second-order valence-corrected chi connectivity index (χ2v) is 6.77. The van der Waals surface area contributed by atoms with E-state index in [9.17, 15) is 4.79 Å². The molecule has 0 aromatic heterocycles. The highest BCUT2D eigenvalue weighted by Gasteiger charge is 2.23. The Hall–Kier alpha value is -2.34. The molecule has 2 aromatic rings. The lowest BCUT2D eigenvalue weighted by atomic mass is 10.1. The summed E-state index contributed by atoms with van der Waals surface area (Å²) in [5.41, 5.74) is 1.78. The lowest BCUT2D eigenvalue weighted by molar-refractivity contribution is 0.0894. The molecule has 0 aliphatic carbocycles. The highest BCUT2D eigenvalue weighted by atomic mass is 79.9. The van der Waals surface area contributed by atoms with Crippen molar-refractivity contribution < 1.29 is 14.6 Å². The standard InChI is InChI=1S/C19H19BrN2O3/c20-15-5-7-16(8-6-15)21-13-14-3-1-2-4-18(14)25-17-9-11-22(12-10-17)19(23)24/h1-8,13,17H,9-12H2,(H,23,24)/b21-13+. The maximum atomic E-state index is 11.0. The van der Waals surface area contributed by atoms with Crippen molar-refractivity contribution in [1.29, 1.82) is 0 Å². The van der Waals surface area contributed by atoms with Gasteiger partial charge in [-0.05, 0) is 36.4 Å². The molecule has 1 N–H and O–H groups in total. The van der Waals surface area contributed by atoms with Gasteiger partial charge < -0.3 is 14.7 Å². The van der Waals surface area contributed by atoms with Crippen LogP contribution < -0.4 is 4.74 Å². The van der Waals surface area contributed by atoms with Crippen LogP contribution in [0, 0.1) is 0 Å². The molecule has 25 heavy (non-hydrogen) atoms. The number of hydrogen-bond acceptors (Lipinski definition) is 3. The van der Waals surface area contributed by atoms with Gasteiger partial charge in [0.2, 0.25) is 0 Å². The third kappa shape index (κ3) is 4.82. The second-order valence-electron chi connectivity index (χ2n) is 5.86. The smallest absolute Gasteiger partial charge is 0.407 e. The minimum Gasteiger partial charge on any atom is -0.490 e. The fraction of sp³-hybridized carbons (Fsp3) is 0.263. The van der Waals surface area contributed by atoms with E-state index >= 15 is 0 Å². The number of carbonyl (C=O) groups is 1. The summed E-state index contributed by atoms with van der Waals surface area (Å²) >= 11 is 3.41.